The molecule has 2 rings (SSSR count). The maximum atomic E-state index is 6.39. The van der Waals surface area contributed by atoms with E-state index in [-0.39, 0.29) is 0 Å². The van der Waals surface area contributed by atoms with Crippen LogP contribution in [0.5, 0.6) is 0 Å². The predicted molar refractivity (Wildman–Crippen MR) is 83.2 cm³/mol. The molecule has 0 spiro atoms. The molecule has 1 nitrogen and oxygen atoms in total. The molecule has 0 aliphatic heterocycles. The van der Waals surface area contributed by atoms with Crippen molar-refractivity contribution >= 4 is 34.8 Å². The van der Waals surface area contributed by atoms with Crippen molar-refractivity contribution in [3.05, 3.63) is 68.7 Å². The van der Waals surface area contributed by atoms with E-state index < -0.39 is 5.54 Å². The van der Waals surface area contributed by atoms with Gasteiger partial charge in [0.15, 0.2) is 0 Å². The molecule has 0 aliphatic rings. The van der Waals surface area contributed by atoms with Crippen molar-refractivity contribution in [2.75, 3.05) is 0 Å². The zero-order valence-corrected chi connectivity index (χ0v) is 12.7. The van der Waals surface area contributed by atoms with E-state index in [0.717, 1.165) is 11.1 Å². The lowest BCUT2D eigenvalue weighted by molar-refractivity contribution is 0.491. The van der Waals surface area contributed by atoms with Crippen LogP contribution in [-0.2, 0) is 12.0 Å². The Bertz CT molecular complexity index is 594. The van der Waals surface area contributed by atoms with Gasteiger partial charge in [0.25, 0.3) is 0 Å². The molecule has 0 radical (unpaired) electrons. The Balaban J connectivity index is 2.27. The van der Waals surface area contributed by atoms with Crippen LogP contribution in [0, 0.1) is 0 Å². The number of benzene rings is 2. The van der Waals surface area contributed by atoms with Gasteiger partial charge in [0.2, 0.25) is 0 Å². The SMILES string of the molecule is CC(N)(Cc1ccc(Cl)c(Cl)c1)c1cccc(Cl)c1. The molecule has 2 aromatic carbocycles. The van der Waals surface area contributed by atoms with Crippen LogP contribution < -0.4 is 5.73 Å². The summed E-state index contributed by atoms with van der Waals surface area (Å²) in [6.45, 7) is 1.97. The minimum absolute atomic E-state index is 0.512. The van der Waals surface area contributed by atoms with Gasteiger partial charge in [-0.1, -0.05) is 53.0 Å². The Labute approximate surface area is 128 Å². The normalized spacial score (nSPS) is 14.2. The van der Waals surface area contributed by atoms with Crippen molar-refractivity contribution < 1.29 is 0 Å². The fourth-order valence-electron chi connectivity index (χ4n) is 2.02. The van der Waals surface area contributed by atoms with E-state index in [4.69, 9.17) is 40.5 Å². The van der Waals surface area contributed by atoms with E-state index in [1.165, 1.54) is 0 Å². The summed E-state index contributed by atoms with van der Waals surface area (Å²) in [5, 5.41) is 1.77. The summed E-state index contributed by atoms with van der Waals surface area (Å²) in [6, 6.07) is 13.2. The van der Waals surface area contributed by atoms with Crippen molar-refractivity contribution in [1.82, 2.24) is 0 Å². The number of hydrogen-bond donors (Lipinski definition) is 1. The van der Waals surface area contributed by atoms with Crippen LogP contribution in [-0.4, -0.2) is 0 Å². The molecule has 0 amide bonds. The van der Waals surface area contributed by atoms with Gasteiger partial charge in [0, 0.05) is 10.6 Å². The zero-order valence-electron chi connectivity index (χ0n) is 10.5. The first-order chi connectivity index (χ1) is 8.88. The minimum Gasteiger partial charge on any atom is -0.321 e. The van der Waals surface area contributed by atoms with Gasteiger partial charge < -0.3 is 5.73 Å². The monoisotopic (exact) mass is 313 g/mol. The Morgan fingerprint density at radius 1 is 1.00 bits per heavy atom. The standard InChI is InChI=1S/C15H14Cl3N/c1-15(19,11-3-2-4-12(16)8-11)9-10-5-6-13(17)14(18)7-10/h2-8H,9,19H2,1H3. The molecule has 0 fully saturated rings. The fourth-order valence-corrected chi connectivity index (χ4v) is 2.53. The highest BCUT2D eigenvalue weighted by atomic mass is 35.5. The average Bonchev–Trinajstić information content (AvgIpc) is 2.33. The highest BCUT2D eigenvalue weighted by Gasteiger charge is 2.22. The largest absolute Gasteiger partial charge is 0.321 e. The molecule has 0 aromatic heterocycles. The Hall–Kier alpha value is -0.730. The van der Waals surface area contributed by atoms with Crippen molar-refractivity contribution in [3.8, 4) is 0 Å². The third-order valence-electron chi connectivity index (χ3n) is 3.04. The molecule has 0 saturated carbocycles. The van der Waals surface area contributed by atoms with E-state index in [1.54, 1.807) is 6.07 Å². The highest BCUT2D eigenvalue weighted by Crippen LogP contribution is 2.28. The molecule has 2 N–H and O–H groups in total. The number of nitrogens with two attached hydrogens (primary N) is 1. The van der Waals surface area contributed by atoms with Crippen LogP contribution >= 0.6 is 34.8 Å². The summed E-state index contributed by atoms with van der Waals surface area (Å²) in [7, 11) is 0. The van der Waals surface area contributed by atoms with E-state index in [1.807, 2.05) is 43.3 Å². The maximum Gasteiger partial charge on any atom is 0.0595 e. The number of hydrogen-bond acceptors (Lipinski definition) is 1. The molecule has 2 aromatic rings. The van der Waals surface area contributed by atoms with Crippen molar-refractivity contribution in [1.29, 1.82) is 0 Å². The zero-order chi connectivity index (χ0) is 14.0. The molecule has 19 heavy (non-hydrogen) atoms. The Kier molecular flexibility index (Phi) is 4.42. The summed E-state index contributed by atoms with van der Waals surface area (Å²) in [5.41, 5.74) is 7.91. The highest BCUT2D eigenvalue weighted by molar-refractivity contribution is 6.42. The van der Waals surface area contributed by atoms with Crippen molar-refractivity contribution in [2.24, 2.45) is 5.73 Å². The second-order valence-electron chi connectivity index (χ2n) is 4.85. The first-order valence-corrected chi connectivity index (χ1v) is 7.01. The summed E-state index contributed by atoms with van der Waals surface area (Å²) in [6.07, 6.45) is 0.657. The lowest BCUT2D eigenvalue weighted by atomic mass is 9.87. The third kappa shape index (κ3) is 3.64. The van der Waals surface area contributed by atoms with Gasteiger partial charge in [-0.05, 0) is 48.7 Å². The van der Waals surface area contributed by atoms with Crippen molar-refractivity contribution in [2.45, 2.75) is 18.9 Å². The quantitative estimate of drug-likeness (QED) is 0.841. The van der Waals surface area contributed by atoms with Gasteiger partial charge in [-0.15, -0.1) is 0 Å². The molecule has 100 valence electrons. The molecular weight excluding hydrogens is 301 g/mol. The molecule has 0 heterocycles. The van der Waals surface area contributed by atoms with Crippen LogP contribution in [0.1, 0.15) is 18.1 Å². The predicted octanol–water partition coefficient (Wildman–Crippen LogP) is 5.06. The van der Waals surface area contributed by atoms with Gasteiger partial charge in [0.1, 0.15) is 0 Å². The van der Waals surface area contributed by atoms with Gasteiger partial charge in [-0.3, -0.25) is 0 Å². The van der Waals surface area contributed by atoms with E-state index >= 15 is 0 Å². The first kappa shape index (κ1) is 14.7. The number of halogens is 3. The average molecular weight is 315 g/mol. The van der Waals surface area contributed by atoms with Gasteiger partial charge in [0.05, 0.1) is 10.0 Å². The molecule has 1 unspecified atom stereocenters. The second-order valence-corrected chi connectivity index (χ2v) is 6.10. The van der Waals surface area contributed by atoms with Crippen LogP contribution in [0.2, 0.25) is 15.1 Å². The summed E-state index contributed by atoms with van der Waals surface area (Å²) < 4.78 is 0. The van der Waals surface area contributed by atoms with Gasteiger partial charge in [-0.25, -0.2) is 0 Å². The van der Waals surface area contributed by atoms with E-state index in [0.29, 0.717) is 21.5 Å². The van der Waals surface area contributed by atoms with Crippen LogP contribution in [0.3, 0.4) is 0 Å². The third-order valence-corrected chi connectivity index (χ3v) is 4.01. The fraction of sp³-hybridized carbons (Fsp3) is 0.200. The second kappa shape index (κ2) is 5.72. The molecule has 0 bridgehead atoms. The lowest BCUT2D eigenvalue weighted by Crippen LogP contribution is -2.35. The van der Waals surface area contributed by atoms with Crippen LogP contribution in [0.25, 0.3) is 0 Å². The molecular formula is C15H14Cl3N. The van der Waals surface area contributed by atoms with E-state index in [9.17, 15) is 0 Å². The summed E-state index contributed by atoms with van der Waals surface area (Å²) >= 11 is 17.9. The molecule has 0 saturated heterocycles. The Morgan fingerprint density at radius 2 is 1.74 bits per heavy atom. The minimum atomic E-state index is -0.512. The van der Waals surface area contributed by atoms with Gasteiger partial charge >= 0.3 is 0 Å². The Morgan fingerprint density at radius 3 is 2.37 bits per heavy atom. The topological polar surface area (TPSA) is 26.0 Å². The van der Waals surface area contributed by atoms with Crippen LogP contribution in [0.4, 0.5) is 0 Å². The molecule has 4 heteroatoms. The molecule has 1 atom stereocenters. The maximum absolute atomic E-state index is 6.39. The lowest BCUT2D eigenvalue weighted by Gasteiger charge is -2.26. The summed E-state index contributed by atoms with van der Waals surface area (Å²) in [4.78, 5) is 0. The number of rotatable bonds is 3. The van der Waals surface area contributed by atoms with Crippen LogP contribution in [0.15, 0.2) is 42.5 Å². The first-order valence-electron chi connectivity index (χ1n) is 5.87. The smallest absolute Gasteiger partial charge is 0.0595 e. The van der Waals surface area contributed by atoms with Gasteiger partial charge in [-0.2, -0.15) is 0 Å². The van der Waals surface area contributed by atoms with E-state index in [2.05, 4.69) is 0 Å². The summed E-state index contributed by atoms with van der Waals surface area (Å²) in [5.74, 6) is 0. The molecule has 0 aliphatic carbocycles. The van der Waals surface area contributed by atoms with Crippen molar-refractivity contribution in [3.63, 3.8) is 0 Å².